The zero-order valence-corrected chi connectivity index (χ0v) is 11.5. The van der Waals surface area contributed by atoms with Gasteiger partial charge in [0, 0.05) is 5.92 Å². The Morgan fingerprint density at radius 1 is 1.30 bits per heavy atom. The lowest BCUT2D eigenvalue weighted by Gasteiger charge is -2.23. The Bertz CT molecular complexity index is 601. The van der Waals surface area contributed by atoms with Gasteiger partial charge in [-0.15, -0.1) is 0 Å². The summed E-state index contributed by atoms with van der Waals surface area (Å²) >= 11 is 6.05. The molecule has 2 aliphatic carbocycles. The Morgan fingerprint density at radius 2 is 2.10 bits per heavy atom. The van der Waals surface area contributed by atoms with Crippen LogP contribution in [0.15, 0.2) is 24.3 Å². The van der Waals surface area contributed by atoms with E-state index in [9.17, 15) is 9.59 Å². The largest absolute Gasteiger partial charge is 0.462 e. The van der Waals surface area contributed by atoms with Gasteiger partial charge in [0.2, 0.25) is 5.91 Å². The highest BCUT2D eigenvalue weighted by molar-refractivity contribution is 6.33. The number of fused-ring (bicyclic) bond motifs is 1. The molecule has 1 N–H and O–H groups in total. The van der Waals surface area contributed by atoms with Crippen LogP contribution in [-0.4, -0.2) is 18.0 Å². The number of halogens is 1. The smallest absolute Gasteiger partial charge is 0.310 e. The summed E-state index contributed by atoms with van der Waals surface area (Å²) < 4.78 is 5.35. The fraction of sp³-hybridized carbons (Fsp3) is 0.467. The van der Waals surface area contributed by atoms with Crippen molar-refractivity contribution in [2.24, 2.45) is 23.7 Å². The van der Waals surface area contributed by atoms with Crippen molar-refractivity contribution in [1.29, 1.82) is 0 Å². The van der Waals surface area contributed by atoms with E-state index in [1.807, 2.05) is 12.1 Å². The molecule has 2 bridgehead atoms. The van der Waals surface area contributed by atoms with Crippen LogP contribution in [0.25, 0.3) is 0 Å². The van der Waals surface area contributed by atoms with Crippen LogP contribution in [0.3, 0.4) is 0 Å². The van der Waals surface area contributed by atoms with Gasteiger partial charge in [0.15, 0.2) is 0 Å². The fourth-order valence-corrected chi connectivity index (χ4v) is 4.32. The first-order valence-electron chi connectivity index (χ1n) is 6.91. The van der Waals surface area contributed by atoms with Crippen molar-refractivity contribution in [3.05, 3.63) is 29.3 Å². The lowest BCUT2D eigenvalue weighted by atomic mass is 9.79. The van der Waals surface area contributed by atoms with Crippen LogP contribution >= 0.6 is 11.6 Å². The van der Waals surface area contributed by atoms with Gasteiger partial charge in [-0.1, -0.05) is 23.7 Å². The molecule has 0 unspecified atom stereocenters. The highest BCUT2D eigenvalue weighted by Crippen LogP contribution is 2.57. The number of hydrogen-bond acceptors (Lipinski definition) is 3. The molecule has 3 aliphatic rings. The van der Waals surface area contributed by atoms with Crippen molar-refractivity contribution in [3.63, 3.8) is 0 Å². The van der Waals surface area contributed by atoms with Gasteiger partial charge in [0.1, 0.15) is 6.10 Å². The molecular weight excluding hydrogens is 278 g/mol. The van der Waals surface area contributed by atoms with E-state index < -0.39 is 0 Å². The Kier molecular flexibility index (Phi) is 2.58. The van der Waals surface area contributed by atoms with Gasteiger partial charge in [-0.3, -0.25) is 9.59 Å². The SMILES string of the molecule is O=C(Nc1ccccc1Cl)[C@H]1[C@@H]2C[C@@H]3[C@@H]1C(=O)O[C@@H]3C2. The number of para-hydroxylation sites is 1. The highest BCUT2D eigenvalue weighted by Gasteiger charge is 2.63. The molecule has 1 amide bonds. The summed E-state index contributed by atoms with van der Waals surface area (Å²) in [5.41, 5.74) is 0.602. The average molecular weight is 292 g/mol. The number of esters is 1. The first kappa shape index (κ1) is 12.2. The predicted octanol–water partition coefficient (Wildman–Crippen LogP) is 2.48. The number of ether oxygens (including phenoxy) is 1. The quantitative estimate of drug-likeness (QED) is 0.852. The van der Waals surface area contributed by atoms with Crippen LogP contribution in [0.4, 0.5) is 5.69 Å². The number of nitrogens with one attached hydrogen (secondary N) is 1. The van der Waals surface area contributed by atoms with E-state index >= 15 is 0 Å². The zero-order chi connectivity index (χ0) is 13.9. The molecule has 5 atom stereocenters. The summed E-state index contributed by atoms with van der Waals surface area (Å²) in [7, 11) is 0. The maximum absolute atomic E-state index is 12.5. The molecule has 0 spiro atoms. The minimum Gasteiger partial charge on any atom is -0.462 e. The molecule has 5 heteroatoms. The number of hydrogen-bond donors (Lipinski definition) is 1. The molecule has 1 aromatic rings. The van der Waals surface area contributed by atoms with Crippen molar-refractivity contribution < 1.29 is 14.3 Å². The summed E-state index contributed by atoms with van der Waals surface area (Å²) in [5, 5.41) is 3.37. The zero-order valence-electron chi connectivity index (χ0n) is 10.7. The molecule has 0 radical (unpaired) electrons. The molecule has 1 heterocycles. The van der Waals surface area contributed by atoms with E-state index in [1.54, 1.807) is 12.1 Å². The van der Waals surface area contributed by atoms with Crippen molar-refractivity contribution in [2.75, 3.05) is 5.32 Å². The first-order valence-corrected chi connectivity index (χ1v) is 7.29. The second-order valence-corrected chi connectivity index (χ2v) is 6.30. The minimum absolute atomic E-state index is 0.0573. The number of anilines is 1. The number of carbonyl (C=O) groups excluding carboxylic acids is 2. The predicted molar refractivity (Wildman–Crippen MR) is 73.2 cm³/mol. The molecule has 3 fully saturated rings. The van der Waals surface area contributed by atoms with E-state index in [-0.39, 0.29) is 41.7 Å². The summed E-state index contributed by atoms with van der Waals surface area (Å²) in [6.45, 7) is 0. The second kappa shape index (κ2) is 4.22. The maximum Gasteiger partial charge on any atom is 0.310 e. The molecule has 20 heavy (non-hydrogen) atoms. The van der Waals surface area contributed by atoms with E-state index in [0.29, 0.717) is 10.7 Å². The Hall–Kier alpha value is -1.55. The first-order chi connectivity index (χ1) is 9.65. The van der Waals surface area contributed by atoms with Gasteiger partial charge in [-0.2, -0.15) is 0 Å². The highest BCUT2D eigenvalue weighted by atomic mass is 35.5. The minimum atomic E-state index is -0.262. The summed E-state index contributed by atoms with van der Waals surface area (Å²) in [5.74, 6) is -0.297. The van der Waals surface area contributed by atoms with Crippen LogP contribution < -0.4 is 5.32 Å². The normalized spacial score (nSPS) is 37.0. The van der Waals surface area contributed by atoms with Crippen LogP contribution in [0.1, 0.15) is 12.8 Å². The van der Waals surface area contributed by atoms with Crippen LogP contribution in [0.5, 0.6) is 0 Å². The van der Waals surface area contributed by atoms with Gasteiger partial charge in [0.25, 0.3) is 0 Å². The Balaban J connectivity index is 1.58. The molecule has 0 aromatic heterocycles. The van der Waals surface area contributed by atoms with Gasteiger partial charge in [0.05, 0.1) is 22.5 Å². The molecule has 4 rings (SSSR count). The molecular formula is C15H14ClNO3. The molecule has 1 saturated heterocycles. The Labute approximate surface area is 121 Å². The topological polar surface area (TPSA) is 55.4 Å². The second-order valence-electron chi connectivity index (χ2n) is 5.89. The van der Waals surface area contributed by atoms with E-state index in [4.69, 9.17) is 16.3 Å². The fourth-order valence-electron chi connectivity index (χ4n) is 4.14. The van der Waals surface area contributed by atoms with E-state index in [2.05, 4.69) is 5.32 Å². The van der Waals surface area contributed by atoms with E-state index in [0.717, 1.165) is 12.8 Å². The average Bonchev–Trinajstić information content (AvgIpc) is 3.02. The van der Waals surface area contributed by atoms with Crippen LogP contribution in [-0.2, 0) is 14.3 Å². The molecule has 4 nitrogen and oxygen atoms in total. The number of amides is 1. The van der Waals surface area contributed by atoms with Crippen LogP contribution in [0.2, 0.25) is 5.02 Å². The molecule has 1 aliphatic heterocycles. The van der Waals surface area contributed by atoms with Gasteiger partial charge in [-0.05, 0) is 30.9 Å². The monoisotopic (exact) mass is 291 g/mol. The van der Waals surface area contributed by atoms with E-state index in [1.165, 1.54) is 0 Å². The third-order valence-corrected chi connectivity index (χ3v) is 5.25. The van der Waals surface area contributed by atoms with Crippen molar-refractivity contribution in [2.45, 2.75) is 18.9 Å². The molecule has 2 saturated carbocycles. The lowest BCUT2D eigenvalue weighted by Crippen LogP contribution is -2.35. The van der Waals surface area contributed by atoms with Gasteiger partial charge >= 0.3 is 5.97 Å². The molecule has 1 aromatic carbocycles. The summed E-state index contributed by atoms with van der Waals surface area (Å²) in [6, 6.07) is 7.14. The van der Waals surface area contributed by atoms with Crippen molar-refractivity contribution in [1.82, 2.24) is 0 Å². The molecule has 104 valence electrons. The third kappa shape index (κ3) is 1.61. The number of carbonyl (C=O) groups is 2. The Morgan fingerprint density at radius 3 is 2.90 bits per heavy atom. The van der Waals surface area contributed by atoms with Crippen LogP contribution in [0, 0.1) is 23.7 Å². The van der Waals surface area contributed by atoms with Crippen molar-refractivity contribution in [3.8, 4) is 0 Å². The number of rotatable bonds is 2. The third-order valence-electron chi connectivity index (χ3n) is 4.92. The number of benzene rings is 1. The van der Waals surface area contributed by atoms with Gasteiger partial charge in [-0.25, -0.2) is 0 Å². The van der Waals surface area contributed by atoms with Gasteiger partial charge < -0.3 is 10.1 Å². The maximum atomic E-state index is 12.5. The lowest BCUT2D eigenvalue weighted by molar-refractivity contribution is -0.145. The van der Waals surface area contributed by atoms with Crippen molar-refractivity contribution >= 4 is 29.2 Å². The standard InChI is InChI=1S/C15H14ClNO3/c16-9-3-1-2-4-10(9)17-14(18)12-7-5-8-11(6-7)20-15(19)13(8)12/h1-4,7-8,11-13H,5-6H2,(H,17,18)/t7-,8+,11-,12+,13+/m1/s1. The summed E-state index contributed by atoms with van der Waals surface area (Å²) in [4.78, 5) is 24.4. The summed E-state index contributed by atoms with van der Waals surface area (Å²) in [6.07, 6.45) is 1.82.